The SMILES string of the molecule is CC(=S)OC[C@H](CC(C)C)NC(=O)OC(C)(C)C. The van der Waals surface area contributed by atoms with Gasteiger partial charge >= 0.3 is 6.09 Å². The van der Waals surface area contributed by atoms with Gasteiger partial charge in [-0.1, -0.05) is 13.8 Å². The van der Waals surface area contributed by atoms with Crippen LogP contribution in [0.1, 0.15) is 48.0 Å². The molecule has 106 valence electrons. The Kier molecular flexibility index (Phi) is 7.21. The fraction of sp³-hybridized carbons (Fsp3) is 0.846. The highest BCUT2D eigenvalue weighted by atomic mass is 32.1. The molecule has 0 aliphatic rings. The van der Waals surface area contributed by atoms with E-state index in [1.807, 2.05) is 20.8 Å². The Balaban J connectivity index is 4.30. The molecule has 0 heterocycles. The van der Waals surface area contributed by atoms with Gasteiger partial charge in [0.05, 0.1) is 6.04 Å². The van der Waals surface area contributed by atoms with Crippen LogP contribution in [0.5, 0.6) is 0 Å². The van der Waals surface area contributed by atoms with Crippen molar-refractivity contribution < 1.29 is 14.3 Å². The summed E-state index contributed by atoms with van der Waals surface area (Å²) in [6.07, 6.45) is 0.403. The molecule has 1 atom stereocenters. The third kappa shape index (κ3) is 10.3. The minimum Gasteiger partial charge on any atom is -0.485 e. The topological polar surface area (TPSA) is 47.6 Å². The Morgan fingerprint density at radius 1 is 1.33 bits per heavy atom. The van der Waals surface area contributed by atoms with E-state index in [0.717, 1.165) is 6.42 Å². The summed E-state index contributed by atoms with van der Waals surface area (Å²) in [4.78, 5) is 11.7. The van der Waals surface area contributed by atoms with Crippen molar-refractivity contribution in [2.75, 3.05) is 6.61 Å². The molecule has 0 saturated heterocycles. The van der Waals surface area contributed by atoms with E-state index >= 15 is 0 Å². The molecule has 0 bridgehead atoms. The van der Waals surface area contributed by atoms with E-state index in [1.54, 1.807) is 6.92 Å². The van der Waals surface area contributed by atoms with Gasteiger partial charge < -0.3 is 14.8 Å². The minimum absolute atomic E-state index is 0.0854. The van der Waals surface area contributed by atoms with Crippen molar-refractivity contribution in [3.05, 3.63) is 0 Å². The van der Waals surface area contributed by atoms with Crippen molar-refractivity contribution in [1.29, 1.82) is 0 Å². The molecule has 1 amide bonds. The largest absolute Gasteiger partial charge is 0.485 e. The Morgan fingerprint density at radius 3 is 2.28 bits per heavy atom. The lowest BCUT2D eigenvalue weighted by molar-refractivity contribution is 0.0478. The van der Waals surface area contributed by atoms with E-state index < -0.39 is 11.7 Å². The second kappa shape index (κ2) is 7.56. The van der Waals surface area contributed by atoms with Gasteiger partial charge in [0.2, 0.25) is 0 Å². The van der Waals surface area contributed by atoms with Crippen molar-refractivity contribution in [3.8, 4) is 0 Å². The Labute approximate surface area is 115 Å². The average molecular weight is 275 g/mol. The molecule has 0 aliphatic carbocycles. The number of thiocarbonyl (C=S) groups is 1. The van der Waals surface area contributed by atoms with Crippen LogP contribution in [0.2, 0.25) is 0 Å². The molecule has 1 N–H and O–H groups in total. The van der Waals surface area contributed by atoms with Crippen LogP contribution in [-0.4, -0.2) is 29.4 Å². The summed E-state index contributed by atoms with van der Waals surface area (Å²) in [5, 5.41) is 3.30. The van der Waals surface area contributed by atoms with Gasteiger partial charge in [-0.05, 0) is 45.3 Å². The van der Waals surface area contributed by atoms with Crippen LogP contribution >= 0.6 is 12.2 Å². The van der Waals surface area contributed by atoms with E-state index in [9.17, 15) is 4.79 Å². The van der Waals surface area contributed by atoms with Crippen LogP contribution in [0.4, 0.5) is 4.79 Å². The standard InChI is InChI=1S/C13H25NO3S/c1-9(2)7-11(8-16-10(3)18)14-12(15)17-13(4,5)6/h9,11H,7-8H2,1-6H3,(H,14,15)/t11-/m0/s1. The van der Waals surface area contributed by atoms with Gasteiger partial charge in [0, 0.05) is 6.92 Å². The molecule has 0 aromatic rings. The third-order valence-electron chi connectivity index (χ3n) is 1.96. The quantitative estimate of drug-likeness (QED) is 0.782. The van der Waals surface area contributed by atoms with Crippen molar-refractivity contribution in [2.24, 2.45) is 5.92 Å². The van der Waals surface area contributed by atoms with E-state index in [4.69, 9.17) is 21.7 Å². The number of hydrogen-bond donors (Lipinski definition) is 1. The monoisotopic (exact) mass is 275 g/mol. The van der Waals surface area contributed by atoms with Gasteiger partial charge in [0.25, 0.3) is 0 Å². The number of alkyl carbamates (subject to hydrolysis) is 1. The van der Waals surface area contributed by atoms with E-state index in [-0.39, 0.29) is 6.04 Å². The Hall–Kier alpha value is -0.840. The predicted octanol–water partition coefficient (Wildman–Crippen LogP) is 3.29. The van der Waals surface area contributed by atoms with Gasteiger partial charge in [-0.15, -0.1) is 0 Å². The van der Waals surface area contributed by atoms with Crippen LogP contribution in [0, 0.1) is 5.92 Å². The molecule has 0 fully saturated rings. The minimum atomic E-state index is -0.493. The number of amides is 1. The normalized spacial score (nSPS) is 13.1. The number of rotatable bonds is 5. The summed E-state index contributed by atoms with van der Waals surface area (Å²) in [6.45, 7) is 11.8. The second-order valence-corrected chi connectivity index (χ2v) is 6.35. The predicted molar refractivity (Wildman–Crippen MR) is 76.8 cm³/mol. The molecule has 0 rings (SSSR count). The van der Waals surface area contributed by atoms with Gasteiger partial charge in [-0.25, -0.2) is 4.79 Å². The highest BCUT2D eigenvalue weighted by Crippen LogP contribution is 2.09. The van der Waals surface area contributed by atoms with Crippen molar-refractivity contribution in [2.45, 2.75) is 59.6 Å². The maximum absolute atomic E-state index is 11.7. The fourth-order valence-corrected chi connectivity index (χ4v) is 1.50. The van der Waals surface area contributed by atoms with Crippen molar-refractivity contribution in [1.82, 2.24) is 5.32 Å². The Bertz CT molecular complexity index is 284. The molecular weight excluding hydrogens is 250 g/mol. The second-order valence-electron chi connectivity index (χ2n) is 5.78. The zero-order valence-corrected chi connectivity index (χ0v) is 13.0. The lowest BCUT2D eigenvalue weighted by atomic mass is 10.0. The molecule has 0 saturated carbocycles. The molecule has 5 heteroatoms. The molecule has 0 aromatic carbocycles. The van der Waals surface area contributed by atoms with Crippen LogP contribution in [0.3, 0.4) is 0 Å². The zero-order valence-electron chi connectivity index (χ0n) is 12.2. The summed E-state index contributed by atoms with van der Waals surface area (Å²) in [5.74, 6) is 0.457. The maximum Gasteiger partial charge on any atom is 0.407 e. The molecule has 0 radical (unpaired) electrons. The molecule has 4 nitrogen and oxygen atoms in total. The van der Waals surface area contributed by atoms with Crippen LogP contribution in [0.15, 0.2) is 0 Å². The number of hydrogen-bond acceptors (Lipinski definition) is 4. The summed E-state index contributed by atoms with van der Waals surface area (Å²) in [6, 6.07) is -0.0854. The summed E-state index contributed by atoms with van der Waals surface area (Å²) in [5.41, 5.74) is -0.493. The highest BCUT2D eigenvalue weighted by molar-refractivity contribution is 7.80. The lowest BCUT2D eigenvalue weighted by Gasteiger charge is -2.24. The average Bonchev–Trinajstić information content (AvgIpc) is 2.09. The maximum atomic E-state index is 11.7. The molecular formula is C13H25NO3S. The van der Waals surface area contributed by atoms with E-state index in [0.29, 0.717) is 17.6 Å². The van der Waals surface area contributed by atoms with Gasteiger partial charge in [-0.3, -0.25) is 0 Å². The Morgan fingerprint density at radius 2 is 1.89 bits per heavy atom. The first-order valence-corrected chi connectivity index (χ1v) is 6.64. The van der Waals surface area contributed by atoms with E-state index in [1.165, 1.54) is 0 Å². The fourth-order valence-electron chi connectivity index (χ4n) is 1.43. The molecule has 0 aromatic heterocycles. The number of ether oxygens (including phenoxy) is 2. The molecule has 18 heavy (non-hydrogen) atoms. The van der Waals surface area contributed by atoms with Crippen molar-refractivity contribution in [3.63, 3.8) is 0 Å². The lowest BCUT2D eigenvalue weighted by Crippen LogP contribution is -2.42. The first-order valence-electron chi connectivity index (χ1n) is 6.23. The van der Waals surface area contributed by atoms with Crippen LogP contribution in [0.25, 0.3) is 0 Å². The number of carbonyl (C=O) groups is 1. The summed E-state index contributed by atoms with van der Waals surface area (Å²) in [7, 11) is 0. The molecule has 0 unspecified atom stereocenters. The third-order valence-corrected chi connectivity index (χ3v) is 2.08. The smallest absolute Gasteiger partial charge is 0.407 e. The number of carbonyl (C=O) groups excluding carboxylic acids is 1. The first-order chi connectivity index (χ1) is 8.10. The summed E-state index contributed by atoms with van der Waals surface area (Å²) >= 11 is 4.86. The van der Waals surface area contributed by atoms with Crippen LogP contribution < -0.4 is 5.32 Å². The zero-order chi connectivity index (χ0) is 14.3. The van der Waals surface area contributed by atoms with Gasteiger partial charge in [-0.2, -0.15) is 0 Å². The van der Waals surface area contributed by atoms with Gasteiger partial charge in [0.1, 0.15) is 12.2 Å². The van der Waals surface area contributed by atoms with Crippen molar-refractivity contribution >= 4 is 23.4 Å². The first kappa shape index (κ1) is 17.2. The van der Waals surface area contributed by atoms with Gasteiger partial charge in [0.15, 0.2) is 5.05 Å². The van der Waals surface area contributed by atoms with E-state index in [2.05, 4.69) is 19.2 Å². The summed E-state index contributed by atoms with van der Waals surface area (Å²) < 4.78 is 10.5. The number of nitrogens with one attached hydrogen (secondary N) is 1. The molecule has 0 aliphatic heterocycles. The van der Waals surface area contributed by atoms with Crippen LogP contribution in [-0.2, 0) is 9.47 Å². The highest BCUT2D eigenvalue weighted by Gasteiger charge is 2.20. The molecule has 0 spiro atoms.